The van der Waals surface area contributed by atoms with E-state index >= 15 is 0 Å². The number of pyridine rings is 1. The number of carbonyl (C=O) groups excluding carboxylic acids is 2. The van der Waals surface area contributed by atoms with Gasteiger partial charge < -0.3 is 5.32 Å². The molecule has 37 heavy (non-hydrogen) atoms. The minimum absolute atomic E-state index is 0.00363. The van der Waals surface area contributed by atoms with E-state index in [4.69, 9.17) is 11.6 Å². The molecule has 0 radical (unpaired) electrons. The second-order valence-electron chi connectivity index (χ2n) is 10.4. The number of nitriles is 1. The summed E-state index contributed by atoms with van der Waals surface area (Å²) in [4.78, 5) is 31.6. The molecule has 10 heteroatoms. The maximum atomic E-state index is 12.8. The lowest BCUT2D eigenvalue weighted by atomic mass is 9.74. The molecule has 0 bridgehead atoms. The molecule has 3 fully saturated rings. The molecule has 2 saturated carbocycles. The van der Waals surface area contributed by atoms with Crippen molar-refractivity contribution in [3.63, 3.8) is 0 Å². The standard InChI is InChI=1S/C27H26ClN7O2/c1-14-5-25(34-12-18-8-22(18)27(34)37)30-11-23(14)15(2)35-13-24(32-33-35)26(36)31-20-6-17(7-20)21-9-19(28)4-3-16(21)10-29/h3-5,9,11,13,15,17-18,20,22H,6-8,12H2,1-2H3,(H,31,36)/t15-,17-,18+,20+,22+/m0/s1. The normalized spacial score (nSPS) is 24.7. The number of halogens is 1. The summed E-state index contributed by atoms with van der Waals surface area (Å²) in [6.45, 7) is 4.73. The molecule has 188 valence electrons. The molecule has 6 rings (SSSR count). The number of fused-ring (bicyclic) bond motifs is 1. The molecule has 3 aliphatic rings. The van der Waals surface area contributed by atoms with Gasteiger partial charge in [0.25, 0.3) is 5.91 Å². The van der Waals surface area contributed by atoms with Crippen LogP contribution in [-0.2, 0) is 4.79 Å². The highest BCUT2D eigenvalue weighted by Gasteiger charge is 2.52. The van der Waals surface area contributed by atoms with Crippen LogP contribution in [0, 0.1) is 30.1 Å². The van der Waals surface area contributed by atoms with Gasteiger partial charge in [0, 0.05) is 29.7 Å². The highest BCUT2D eigenvalue weighted by Crippen LogP contribution is 2.47. The molecule has 0 spiro atoms. The predicted octanol–water partition coefficient (Wildman–Crippen LogP) is 3.77. The van der Waals surface area contributed by atoms with Crippen molar-refractivity contribution in [2.24, 2.45) is 11.8 Å². The lowest BCUT2D eigenvalue weighted by molar-refractivity contribution is -0.118. The van der Waals surface area contributed by atoms with Gasteiger partial charge in [0.15, 0.2) is 5.69 Å². The summed E-state index contributed by atoms with van der Waals surface area (Å²) in [5, 5.41) is 21.3. The van der Waals surface area contributed by atoms with Crippen LogP contribution in [0.5, 0.6) is 0 Å². The van der Waals surface area contributed by atoms with E-state index in [2.05, 4.69) is 26.7 Å². The van der Waals surface area contributed by atoms with Gasteiger partial charge in [0.05, 0.1) is 23.9 Å². The minimum Gasteiger partial charge on any atom is -0.348 e. The molecule has 3 atom stereocenters. The van der Waals surface area contributed by atoms with Crippen molar-refractivity contribution in [2.75, 3.05) is 11.4 Å². The quantitative estimate of drug-likeness (QED) is 0.534. The van der Waals surface area contributed by atoms with E-state index in [0.29, 0.717) is 22.3 Å². The molecular weight excluding hydrogens is 490 g/mol. The van der Waals surface area contributed by atoms with Crippen molar-refractivity contribution in [3.05, 3.63) is 69.6 Å². The molecule has 3 aromatic rings. The third-order valence-electron chi connectivity index (χ3n) is 7.97. The first kappa shape index (κ1) is 23.6. The number of aromatic nitrogens is 4. The van der Waals surface area contributed by atoms with Gasteiger partial charge in [-0.05, 0) is 85.9 Å². The van der Waals surface area contributed by atoms with Crippen molar-refractivity contribution >= 4 is 29.2 Å². The Morgan fingerprint density at radius 1 is 1.27 bits per heavy atom. The number of nitrogens with zero attached hydrogens (tertiary/aromatic N) is 6. The molecule has 1 aromatic carbocycles. The van der Waals surface area contributed by atoms with E-state index < -0.39 is 0 Å². The molecule has 1 aliphatic heterocycles. The fourth-order valence-corrected chi connectivity index (χ4v) is 5.73. The summed E-state index contributed by atoms with van der Waals surface area (Å²) in [6, 6.07) is 9.28. The van der Waals surface area contributed by atoms with Crippen molar-refractivity contribution in [1.82, 2.24) is 25.3 Å². The first-order chi connectivity index (χ1) is 17.8. The van der Waals surface area contributed by atoms with E-state index in [9.17, 15) is 14.9 Å². The van der Waals surface area contributed by atoms with Crippen LogP contribution in [0.3, 0.4) is 0 Å². The molecular formula is C27H26ClN7O2. The zero-order chi connectivity index (χ0) is 25.8. The third-order valence-corrected chi connectivity index (χ3v) is 8.21. The van der Waals surface area contributed by atoms with Crippen LogP contribution in [0.1, 0.15) is 70.9 Å². The topological polar surface area (TPSA) is 117 Å². The van der Waals surface area contributed by atoms with Crippen LogP contribution in [0.2, 0.25) is 5.02 Å². The summed E-state index contributed by atoms with van der Waals surface area (Å²) in [5.74, 6) is 1.48. The molecule has 2 aliphatic carbocycles. The van der Waals surface area contributed by atoms with Gasteiger partial charge in [-0.15, -0.1) is 5.10 Å². The molecule has 2 amide bonds. The Labute approximate surface area is 219 Å². The van der Waals surface area contributed by atoms with Crippen molar-refractivity contribution in [2.45, 2.75) is 51.1 Å². The highest BCUT2D eigenvalue weighted by molar-refractivity contribution is 6.30. The SMILES string of the molecule is Cc1cc(N2C[C@H]3C[C@H]3C2=O)ncc1[C@H](C)n1cc(C(=O)N[C@H]2C[C@@H](c3cc(Cl)ccc3C#N)C2)nn1. The van der Waals surface area contributed by atoms with Crippen molar-refractivity contribution in [1.29, 1.82) is 5.26 Å². The maximum Gasteiger partial charge on any atom is 0.273 e. The number of hydrogen-bond donors (Lipinski definition) is 1. The highest BCUT2D eigenvalue weighted by atomic mass is 35.5. The van der Waals surface area contributed by atoms with E-state index in [0.717, 1.165) is 42.5 Å². The number of aryl methyl sites for hydroxylation is 1. The summed E-state index contributed by atoms with van der Waals surface area (Å²) >= 11 is 6.12. The summed E-state index contributed by atoms with van der Waals surface area (Å²) < 4.78 is 1.66. The third kappa shape index (κ3) is 4.25. The number of carbonyl (C=O) groups is 2. The van der Waals surface area contributed by atoms with Crippen LogP contribution in [-0.4, -0.2) is 44.4 Å². The molecule has 0 unspecified atom stereocenters. The Bertz CT molecular complexity index is 1460. The number of piperidine rings is 1. The van der Waals surface area contributed by atoms with Crippen LogP contribution >= 0.6 is 11.6 Å². The summed E-state index contributed by atoms with van der Waals surface area (Å²) in [5.41, 5.74) is 3.76. The Kier molecular flexibility index (Phi) is 5.72. The van der Waals surface area contributed by atoms with E-state index in [1.165, 1.54) is 0 Å². The fraction of sp³-hybridized carbons (Fsp3) is 0.407. The lowest BCUT2D eigenvalue weighted by Gasteiger charge is -2.36. The first-order valence-corrected chi connectivity index (χ1v) is 12.9. The van der Waals surface area contributed by atoms with Gasteiger partial charge in [-0.25, -0.2) is 9.67 Å². The average molecular weight is 516 g/mol. The zero-order valence-corrected chi connectivity index (χ0v) is 21.3. The van der Waals surface area contributed by atoms with Gasteiger partial charge in [-0.2, -0.15) is 5.26 Å². The predicted molar refractivity (Wildman–Crippen MR) is 136 cm³/mol. The zero-order valence-electron chi connectivity index (χ0n) is 20.6. The number of rotatable bonds is 6. The maximum absolute atomic E-state index is 12.8. The largest absolute Gasteiger partial charge is 0.348 e. The van der Waals surface area contributed by atoms with Crippen LogP contribution in [0.4, 0.5) is 5.82 Å². The fourth-order valence-electron chi connectivity index (χ4n) is 5.55. The van der Waals surface area contributed by atoms with E-state index in [1.54, 1.807) is 34.1 Å². The van der Waals surface area contributed by atoms with Gasteiger partial charge in [-0.1, -0.05) is 16.8 Å². The molecule has 2 aromatic heterocycles. The Balaban J connectivity index is 1.08. The van der Waals surface area contributed by atoms with Gasteiger partial charge in [0.2, 0.25) is 5.91 Å². The lowest BCUT2D eigenvalue weighted by Crippen LogP contribution is -2.43. The van der Waals surface area contributed by atoms with Crippen LogP contribution in [0.15, 0.2) is 36.7 Å². The monoisotopic (exact) mass is 515 g/mol. The first-order valence-electron chi connectivity index (χ1n) is 12.5. The number of nitrogens with one attached hydrogen (secondary N) is 1. The van der Waals surface area contributed by atoms with Crippen molar-refractivity contribution in [3.8, 4) is 6.07 Å². The Morgan fingerprint density at radius 2 is 2.08 bits per heavy atom. The number of amides is 2. The Morgan fingerprint density at radius 3 is 2.78 bits per heavy atom. The van der Waals surface area contributed by atoms with Gasteiger partial charge >= 0.3 is 0 Å². The molecule has 1 saturated heterocycles. The molecule has 1 N–H and O–H groups in total. The van der Waals surface area contributed by atoms with Gasteiger partial charge in [-0.3, -0.25) is 14.5 Å². The average Bonchev–Trinajstić information content (AvgIpc) is 3.31. The van der Waals surface area contributed by atoms with Crippen molar-refractivity contribution < 1.29 is 9.59 Å². The molecule has 9 nitrogen and oxygen atoms in total. The number of anilines is 1. The van der Waals surface area contributed by atoms with Crippen LogP contribution < -0.4 is 10.2 Å². The van der Waals surface area contributed by atoms with Gasteiger partial charge in [0.1, 0.15) is 5.82 Å². The smallest absolute Gasteiger partial charge is 0.273 e. The molecule has 3 heterocycles. The Hall–Kier alpha value is -3.77. The minimum atomic E-state index is -0.273. The summed E-state index contributed by atoms with van der Waals surface area (Å²) in [7, 11) is 0. The second kappa shape index (κ2) is 8.96. The van der Waals surface area contributed by atoms with E-state index in [1.807, 2.05) is 26.0 Å². The number of hydrogen-bond acceptors (Lipinski definition) is 6. The summed E-state index contributed by atoms with van der Waals surface area (Å²) in [6.07, 6.45) is 5.92. The van der Waals surface area contributed by atoms with Crippen LogP contribution in [0.25, 0.3) is 0 Å². The second-order valence-corrected chi connectivity index (χ2v) is 10.8. The van der Waals surface area contributed by atoms with E-state index in [-0.39, 0.29) is 41.4 Å². The number of benzene rings is 1.